The number of hydrogen-bond acceptors (Lipinski definition) is 5. The molecule has 5 nitrogen and oxygen atoms in total. The fourth-order valence-corrected chi connectivity index (χ4v) is 3.12. The molecule has 1 aromatic heterocycles. The Morgan fingerprint density at radius 2 is 2.21 bits per heavy atom. The molecule has 0 aromatic carbocycles. The Hall–Kier alpha value is -1.08. The van der Waals surface area contributed by atoms with Gasteiger partial charge in [-0.2, -0.15) is 0 Å². The SMILES string of the molecule is CCC(SCc1csc(CC(=O)N(C)C)n1)C(=O)O. The van der Waals surface area contributed by atoms with E-state index in [2.05, 4.69) is 4.98 Å². The maximum Gasteiger partial charge on any atom is 0.316 e. The molecule has 0 saturated carbocycles. The topological polar surface area (TPSA) is 70.5 Å². The van der Waals surface area contributed by atoms with E-state index in [0.29, 0.717) is 18.6 Å². The summed E-state index contributed by atoms with van der Waals surface area (Å²) >= 11 is 2.81. The fourth-order valence-electron chi connectivity index (χ4n) is 1.33. The lowest BCUT2D eigenvalue weighted by molar-refractivity contribution is -0.136. The summed E-state index contributed by atoms with van der Waals surface area (Å²) in [6, 6.07) is 0. The highest BCUT2D eigenvalue weighted by Crippen LogP contribution is 2.22. The van der Waals surface area contributed by atoms with Crippen LogP contribution in [0.2, 0.25) is 0 Å². The number of aliphatic carboxylic acids is 1. The molecular weight excluding hydrogens is 284 g/mol. The number of carbonyl (C=O) groups is 2. The highest BCUT2D eigenvalue weighted by molar-refractivity contribution is 7.99. The summed E-state index contributed by atoms with van der Waals surface area (Å²) in [5.41, 5.74) is 0.844. The molecule has 0 radical (unpaired) electrons. The molecular formula is C12H18N2O3S2. The van der Waals surface area contributed by atoms with Crippen molar-refractivity contribution in [3.05, 3.63) is 16.1 Å². The molecule has 1 aromatic rings. The van der Waals surface area contributed by atoms with Crippen LogP contribution in [0, 0.1) is 0 Å². The quantitative estimate of drug-likeness (QED) is 0.832. The number of carboxylic acid groups (broad SMARTS) is 1. The molecule has 0 aliphatic rings. The minimum absolute atomic E-state index is 0.0190. The zero-order valence-electron chi connectivity index (χ0n) is 11.3. The standard InChI is InChI=1S/C12H18N2O3S2/c1-4-9(12(16)17)18-6-8-7-19-10(13-8)5-11(15)14(2)3/h7,9H,4-6H2,1-3H3,(H,16,17). The first kappa shape index (κ1) is 16.0. The molecule has 106 valence electrons. The zero-order chi connectivity index (χ0) is 14.4. The van der Waals surface area contributed by atoms with Gasteiger partial charge in [0.15, 0.2) is 0 Å². The first-order chi connectivity index (χ1) is 8.93. The van der Waals surface area contributed by atoms with E-state index >= 15 is 0 Å². The van der Waals surface area contributed by atoms with Gasteiger partial charge < -0.3 is 10.0 Å². The van der Waals surface area contributed by atoms with Crippen molar-refractivity contribution in [2.45, 2.75) is 30.8 Å². The van der Waals surface area contributed by atoms with Crippen LogP contribution >= 0.6 is 23.1 Å². The van der Waals surface area contributed by atoms with Crippen LogP contribution in [0.15, 0.2) is 5.38 Å². The third kappa shape index (κ3) is 5.20. The third-order valence-electron chi connectivity index (χ3n) is 2.48. The molecule has 1 amide bonds. The van der Waals surface area contributed by atoms with E-state index in [0.717, 1.165) is 10.7 Å². The van der Waals surface area contributed by atoms with Gasteiger partial charge in [0, 0.05) is 25.2 Å². The van der Waals surface area contributed by atoms with Gasteiger partial charge in [0.1, 0.15) is 10.3 Å². The lowest BCUT2D eigenvalue weighted by Crippen LogP contribution is -2.23. The summed E-state index contributed by atoms with van der Waals surface area (Å²) in [5.74, 6) is -0.200. The molecule has 0 fully saturated rings. The molecule has 7 heteroatoms. The van der Waals surface area contributed by atoms with E-state index in [1.54, 1.807) is 14.1 Å². The molecule has 1 rings (SSSR count). The molecule has 1 N–H and O–H groups in total. The Morgan fingerprint density at radius 3 is 2.74 bits per heavy atom. The molecule has 0 bridgehead atoms. The van der Waals surface area contributed by atoms with Crippen molar-refractivity contribution in [1.82, 2.24) is 9.88 Å². The lowest BCUT2D eigenvalue weighted by Gasteiger charge is -2.08. The van der Waals surface area contributed by atoms with Crippen LogP contribution in [0.1, 0.15) is 24.0 Å². The number of nitrogens with zero attached hydrogens (tertiary/aromatic N) is 2. The highest BCUT2D eigenvalue weighted by atomic mass is 32.2. The number of thiazole rings is 1. The molecule has 1 unspecified atom stereocenters. The smallest absolute Gasteiger partial charge is 0.316 e. The average Bonchev–Trinajstić information content (AvgIpc) is 2.77. The van der Waals surface area contributed by atoms with E-state index < -0.39 is 11.2 Å². The van der Waals surface area contributed by atoms with Gasteiger partial charge in [-0.25, -0.2) is 4.98 Å². The Labute approximate surface area is 121 Å². The second kappa shape index (κ2) is 7.49. The van der Waals surface area contributed by atoms with Crippen molar-refractivity contribution in [1.29, 1.82) is 0 Å². The van der Waals surface area contributed by atoms with E-state index in [1.807, 2.05) is 12.3 Å². The van der Waals surface area contributed by atoms with Gasteiger partial charge in [-0.3, -0.25) is 9.59 Å². The highest BCUT2D eigenvalue weighted by Gasteiger charge is 2.16. The van der Waals surface area contributed by atoms with Crippen molar-refractivity contribution in [3.63, 3.8) is 0 Å². The molecule has 0 aliphatic heterocycles. The molecule has 0 saturated heterocycles. The van der Waals surface area contributed by atoms with Crippen molar-refractivity contribution in [2.75, 3.05) is 14.1 Å². The summed E-state index contributed by atoms with van der Waals surface area (Å²) in [6.07, 6.45) is 0.897. The van der Waals surface area contributed by atoms with Crippen LogP contribution in [0.3, 0.4) is 0 Å². The Balaban J connectivity index is 2.51. The van der Waals surface area contributed by atoms with Crippen LogP contribution in [0.5, 0.6) is 0 Å². The van der Waals surface area contributed by atoms with E-state index in [1.165, 1.54) is 28.0 Å². The van der Waals surface area contributed by atoms with E-state index in [9.17, 15) is 9.59 Å². The van der Waals surface area contributed by atoms with Crippen molar-refractivity contribution >= 4 is 35.0 Å². The Bertz CT molecular complexity index is 446. The summed E-state index contributed by atoms with van der Waals surface area (Å²) in [5, 5.41) is 11.2. The summed E-state index contributed by atoms with van der Waals surface area (Å²) < 4.78 is 0. The molecule has 0 spiro atoms. The van der Waals surface area contributed by atoms with E-state index in [-0.39, 0.29) is 5.91 Å². The molecule has 19 heavy (non-hydrogen) atoms. The Morgan fingerprint density at radius 1 is 1.53 bits per heavy atom. The summed E-state index contributed by atoms with van der Waals surface area (Å²) in [7, 11) is 3.43. The molecule has 1 atom stereocenters. The third-order valence-corrected chi connectivity index (χ3v) is 4.78. The number of rotatable bonds is 7. The van der Waals surface area contributed by atoms with E-state index in [4.69, 9.17) is 5.11 Å². The van der Waals surface area contributed by atoms with Gasteiger partial charge in [0.2, 0.25) is 5.91 Å². The van der Waals surface area contributed by atoms with Crippen molar-refractivity contribution < 1.29 is 14.7 Å². The van der Waals surface area contributed by atoms with Crippen LogP contribution in [-0.2, 0) is 21.8 Å². The van der Waals surface area contributed by atoms with Gasteiger partial charge in [-0.1, -0.05) is 6.92 Å². The van der Waals surface area contributed by atoms with Gasteiger partial charge in [-0.15, -0.1) is 23.1 Å². The molecule has 0 aliphatic carbocycles. The van der Waals surface area contributed by atoms with Gasteiger partial charge in [0.25, 0.3) is 0 Å². The minimum atomic E-state index is -0.786. The van der Waals surface area contributed by atoms with Crippen molar-refractivity contribution in [3.8, 4) is 0 Å². The lowest BCUT2D eigenvalue weighted by atomic mass is 10.3. The van der Waals surface area contributed by atoms with Crippen LogP contribution in [0.25, 0.3) is 0 Å². The van der Waals surface area contributed by atoms with Crippen molar-refractivity contribution in [2.24, 2.45) is 0 Å². The second-order valence-corrected chi connectivity index (χ2v) is 6.38. The number of carbonyl (C=O) groups excluding carboxylic acids is 1. The molecule has 1 heterocycles. The minimum Gasteiger partial charge on any atom is -0.480 e. The van der Waals surface area contributed by atoms with Gasteiger partial charge in [0.05, 0.1) is 12.1 Å². The normalized spacial score (nSPS) is 12.2. The first-order valence-corrected chi connectivity index (χ1v) is 7.84. The zero-order valence-corrected chi connectivity index (χ0v) is 12.9. The first-order valence-electron chi connectivity index (χ1n) is 5.91. The summed E-state index contributed by atoms with van der Waals surface area (Å²) in [6.45, 7) is 1.86. The number of carboxylic acids is 1. The van der Waals surface area contributed by atoms with Crippen LogP contribution in [-0.4, -0.2) is 46.2 Å². The maximum absolute atomic E-state index is 11.5. The number of hydrogen-bond donors (Lipinski definition) is 1. The van der Waals surface area contributed by atoms with Gasteiger partial charge in [-0.05, 0) is 6.42 Å². The summed E-state index contributed by atoms with van der Waals surface area (Å²) in [4.78, 5) is 28.3. The number of aromatic nitrogens is 1. The monoisotopic (exact) mass is 302 g/mol. The predicted molar refractivity (Wildman–Crippen MR) is 77.5 cm³/mol. The van der Waals surface area contributed by atoms with Crippen LogP contribution < -0.4 is 0 Å². The average molecular weight is 302 g/mol. The Kier molecular flexibility index (Phi) is 6.30. The van der Waals surface area contributed by atoms with Crippen LogP contribution in [0.4, 0.5) is 0 Å². The maximum atomic E-state index is 11.5. The second-order valence-electron chi connectivity index (χ2n) is 4.24. The largest absolute Gasteiger partial charge is 0.480 e. The fraction of sp³-hybridized carbons (Fsp3) is 0.583. The number of thioether (sulfide) groups is 1. The number of amides is 1. The number of likely N-dealkylation sites (N-methyl/N-ethyl adjacent to an activating group) is 1. The van der Waals surface area contributed by atoms with Gasteiger partial charge >= 0.3 is 5.97 Å². The predicted octanol–water partition coefficient (Wildman–Crippen LogP) is 1.87.